The highest BCUT2D eigenvalue weighted by atomic mass is 16.2. The zero-order chi connectivity index (χ0) is 13.1. The zero-order valence-corrected chi connectivity index (χ0v) is 10.4. The van der Waals surface area contributed by atoms with Crippen LogP contribution >= 0.6 is 0 Å². The number of hydrogen-bond acceptors (Lipinski definition) is 3. The molecule has 0 atom stereocenters. The van der Waals surface area contributed by atoms with Gasteiger partial charge in [0.15, 0.2) is 0 Å². The smallest absolute Gasteiger partial charge is 0.134 e. The van der Waals surface area contributed by atoms with Crippen molar-refractivity contribution in [2.75, 3.05) is 6.61 Å². The van der Waals surface area contributed by atoms with E-state index in [2.05, 4.69) is 0 Å². The van der Waals surface area contributed by atoms with Crippen LogP contribution in [0.4, 0.5) is 0 Å². The Morgan fingerprint density at radius 3 is 2.72 bits per heavy atom. The number of aliphatic hydroxyl groups is 1. The molecular weight excluding hydrogens is 226 g/mol. The van der Waals surface area contributed by atoms with E-state index >= 15 is 0 Å². The highest BCUT2D eigenvalue weighted by molar-refractivity contribution is 5.91. The van der Waals surface area contributed by atoms with Gasteiger partial charge in [-0.15, -0.1) is 0 Å². The van der Waals surface area contributed by atoms with Crippen LogP contribution in [0.2, 0.25) is 0 Å². The van der Waals surface area contributed by atoms with E-state index in [9.17, 15) is 0 Å². The molecule has 1 heterocycles. The Balaban J connectivity index is 2.72. The van der Waals surface area contributed by atoms with E-state index in [1.54, 1.807) is 11.5 Å². The van der Waals surface area contributed by atoms with E-state index in [1.165, 1.54) is 0 Å². The Labute approximate surface area is 106 Å². The molecule has 4 heteroatoms. The van der Waals surface area contributed by atoms with Crippen molar-refractivity contribution in [3.05, 3.63) is 41.4 Å². The van der Waals surface area contributed by atoms with Crippen molar-refractivity contribution in [1.82, 2.24) is 4.57 Å². The van der Waals surface area contributed by atoms with Crippen molar-refractivity contribution in [2.45, 2.75) is 19.8 Å². The molecule has 2 rings (SSSR count). The molecule has 0 saturated carbocycles. The van der Waals surface area contributed by atoms with Gasteiger partial charge in [-0.1, -0.05) is 18.2 Å². The Bertz CT molecular complexity index is 643. The van der Waals surface area contributed by atoms with Crippen molar-refractivity contribution >= 4 is 16.7 Å². The van der Waals surface area contributed by atoms with Crippen molar-refractivity contribution in [1.29, 1.82) is 10.8 Å². The van der Waals surface area contributed by atoms with Gasteiger partial charge in [-0.25, -0.2) is 0 Å². The molecule has 2 aromatic rings. The third-order valence-corrected chi connectivity index (χ3v) is 2.97. The van der Waals surface area contributed by atoms with E-state index < -0.39 is 0 Å². The lowest BCUT2D eigenvalue weighted by atomic mass is 10.1. The SMILES string of the molecule is CC(=N)n1c(=N)c(CCCO)cc2ccccc21. The van der Waals surface area contributed by atoms with E-state index in [0.29, 0.717) is 24.2 Å². The van der Waals surface area contributed by atoms with Crippen LogP contribution in [-0.4, -0.2) is 22.1 Å². The van der Waals surface area contributed by atoms with Crippen molar-refractivity contribution in [3.63, 3.8) is 0 Å². The minimum atomic E-state index is 0.121. The molecule has 0 amide bonds. The molecule has 0 aliphatic rings. The lowest BCUT2D eigenvalue weighted by Gasteiger charge is -2.13. The van der Waals surface area contributed by atoms with E-state index in [-0.39, 0.29) is 6.61 Å². The van der Waals surface area contributed by atoms with Crippen molar-refractivity contribution in [2.24, 2.45) is 0 Å². The predicted octanol–water partition coefficient (Wildman–Crippen LogP) is 1.89. The first-order chi connectivity index (χ1) is 8.65. The quantitative estimate of drug-likeness (QED) is 0.559. The second-order valence-corrected chi connectivity index (χ2v) is 4.32. The van der Waals surface area contributed by atoms with Gasteiger partial charge in [-0.2, -0.15) is 0 Å². The third kappa shape index (κ3) is 2.19. The van der Waals surface area contributed by atoms with Crippen LogP contribution in [-0.2, 0) is 6.42 Å². The first-order valence-electron chi connectivity index (χ1n) is 6.00. The summed E-state index contributed by atoms with van der Waals surface area (Å²) in [6.07, 6.45) is 1.30. The van der Waals surface area contributed by atoms with Crippen LogP contribution in [0.5, 0.6) is 0 Å². The fraction of sp³-hybridized carbons (Fsp3) is 0.286. The normalized spacial score (nSPS) is 10.8. The molecule has 0 aliphatic heterocycles. The van der Waals surface area contributed by atoms with Crippen LogP contribution in [0.1, 0.15) is 18.9 Å². The summed E-state index contributed by atoms with van der Waals surface area (Å²) in [5.74, 6) is 0.335. The predicted molar refractivity (Wildman–Crippen MR) is 72.0 cm³/mol. The maximum absolute atomic E-state index is 8.90. The summed E-state index contributed by atoms with van der Waals surface area (Å²) in [5.41, 5.74) is 2.09. The summed E-state index contributed by atoms with van der Waals surface area (Å²) < 4.78 is 1.64. The van der Waals surface area contributed by atoms with Gasteiger partial charge in [0.2, 0.25) is 0 Å². The highest BCUT2D eigenvalue weighted by Gasteiger charge is 2.07. The number of benzene rings is 1. The number of fused-ring (bicyclic) bond motifs is 1. The summed E-state index contributed by atoms with van der Waals surface area (Å²) in [6.45, 7) is 1.80. The number of nitrogens with one attached hydrogen (secondary N) is 2. The molecule has 18 heavy (non-hydrogen) atoms. The average molecular weight is 243 g/mol. The molecule has 0 fully saturated rings. The van der Waals surface area contributed by atoms with Crippen LogP contribution in [0.25, 0.3) is 10.9 Å². The minimum absolute atomic E-state index is 0.121. The fourth-order valence-electron chi connectivity index (χ4n) is 2.14. The Morgan fingerprint density at radius 2 is 2.06 bits per heavy atom. The monoisotopic (exact) mass is 243 g/mol. The minimum Gasteiger partial charge on any atom is -0.396 e. The van der Waals surface area contributed by atoms with E-state index in [0.717, 1.165) is 16.5 Å². The van der Waals surface area contributed by atoms with Crippen LogP contribution in [0.15, 0.2) is 30.3 Å². The number of pyridine rings is 1. The summed E-state index contributed by atoms with van der Waals surface area (Å²) in [4.78, 5) is 0. The summed E-state index contributed by atoms with van der Waals surface area (Å²) in [7, 11) is 0. The number of aryl methyl sites for hydroxylation is 1. The second-order valence-electron chi connectivity index (χ2n) is 4.32. The van der Waals surface area contributed by atoms with Gasteiger partial charge in [-0.05, 0) is 42.8 Å². The molecule has 1 aromatic heterocycles. The summed E-state index contributed by atoms with van der Waals surface area (Å²) in [5, 5.41) is 25.9. The van der Waals surface area contributed by atoms with Gasteiger partial charge < -0.3 is 5.11 Å². The third-order valence-electron chi connectivity index (χ3n) is 2.97. The molecule has 0 spiro atoms. The lowest BCUT2D eigenvalue weighted by Crippen LogP contribution is -2.28. The van der Waals surface area contributed by atoms with Crippen LogP contribution < -0.4 is 5.49 Å². The fourth-order valence-corrected chi connectivity index (χ4v) is 2.14. The number of nitrogens with zero attached hydrogens (tertiary/aromatic N) is 1. The molecule has 0 unspecified atom stereocenters. The van der Waals surface area contributed by atoms with Gasteiger partial charge >= 0.3 is 0 Å². The number of hydrogen-bond donors (Lipinski definition) is 3. The Morgan fingerprint density at radius 1 is 1.33 bits per heavy atom. The van der Waals surface area contributed by atoms with Gasteiger partial charge in [0, 0.05) is 6.61 Å². The van der Waals surface area contributed by atoms with Crippen molar-refractivity contribution < 1.29 is 5.11 Å². The Hall–Kier alpha value is -1.94. The number of aliphatic hydroxyl groups excluding tert-OH is 1. The van der Waals surface area contributed by atoms with Crippen LogP contribution in [0.3, 0.4) is 0 Å². The first kappa shape index (κ1) is 12.5. The standard InChI is InChI=1S/C14H17N3O/c1-10(15)17-13-7-3-2-5-11(13)9-12(14(17)16)6-4-8-18/h2-3,5,7,9,15-16,18H,4,6,8H2,1H3. The summed E-state index contributed by atoms with van der Waals surface area (Å²) >= 11 is 0. The molecular formula is C14H17N3O. The Kier molecular flexibility index (Phi) is 3.58. The maximum Gasteiger partial charge on any atom is 0.134 e. The zero-order valence-electron chi connectivity index (χ0n) is 10.4. The summed E-state index contributed by atoms with van der Waals surface area (Å²) in [6, 6.07) is 9.74. The molecule has 0 aliphatic carbocycles. The lowest BCUT2D eigenvalue weighted by molar-refractivity contribution is 0.288. The van der Waals surface area contributed by atoms with E-state index in [1.807, 2.05) is 30.3 Å². The highest BCUT2D eigenvalue weighted by Crippen LogP contribution is 2.14. The maximum atomic E-state index is 8.90. The van der Waals surface area contributed by atoms with Gasteiger partial charge in [0.1, 0.15) is 11.3 Å². The molecule has 0 radical (unpaired) electrons. The number of aromatic nitrogens is 1. The first-order valence-corrected chi connectivity index (χ1v) is 6.00. The topological polar surface area (TPSA) is 72.9 Å². The molecule has 0 saturated heterocycles. The molecule has 1 aromatic carbocycles. The van der Waals surface area contributed by atoms with Gasteiger partial charge in [0.25, 0.3) is 0 Å². The molecule has 0 bridgehead atoms. The molecule has 3 N–H and O–H groups in total. The average Bonchev–Trinajstić information content (AvgIpc) is 2.35. The molecule has 94 valence electrons. The van der Waals surface area contributed by atoms with Crippen molar-refractivity contribution in [3.8, 4) is 0 Å². The van der Waals surface area contributed by atoms with Gasteiger partial charge in [-0.3, -0.25) is 15.4 Å². The van der Waals surface area contributed by atoms with E-state index in [4.69, 9.17) is 15.9 Å². The van der Waals surface area contributed by atoms with Crippen LogP contribution in [0, 0.1) is 10.8 Å². The molecule has 4 nitrogen and oxygen atoms in total. The number of rotatable bonds is 3. The number of para-hydroxylation sites is 1. The largest absolute Gasteiger partial charge is 0.396 e. The van der Waals surface area contributed by atoms with Gasteiger partial charge in [0.05, 0.1) is 5.52 Å². The second kappa shape index (κ2) is 5.14.